The average Bonchev–Trinajstić information content (AvgIpc) is 3.28. The number of carbonyl (C=O) groups excluding carboxylic acids is 1. The first-order chi connectivity index (χ1) is 12.9. The van der Waals surface area contributed by atoms with Gasteiger partial charge in [-0.2, -0.15) is 0 Å². The van der Waals surface area contributed by atoms with Gasteiger partial charge in [-0.25, -0.2) is 13.4 Å². The normalized spacial score (nSPS) is 13.4. The van der Waals surface area contributed by atoms with Gasteiger partial charge < -0.3 is 0 Å². The average molecular weight is 399 g/mol. The summed E-state index contributed by atoms with van der Waals surface area (Å²) in [7, 11) is -3.74. The highest BCUT2D eigenvalue weighted by Gasteiger charge is 2.30. The Bertz CT molecular complexity index is 1120. The monoisotopic (exact) mass is 399 g/mol. The number of para-hydroxylation sites is 1. The molecule has 3 aromatic rings. The molecule has 1 N–H and O–H groups in total. The summed E-state index contributed by atoms with van der Waals surface area (Å²) in [6.07, 6.45) is 2.35. The Kier molecular flexibility index (Phi) is 4.45. The second kappa shape index (κ2) is 6.79. The predicted octanol–water partition coefficient (Wildman–Crippen LogP) is 3.46. The second-order valence-corrected chi connectivity index (χ2v) is 9.31. The van der Waals surface area contributed by atoms with Crippen LogP contribution in [0.3, 0.4) is 0 Å². The van der Waals surface area contributed by atoms with Crippen LogP contribution in [0.25, 0.3) is 0 Å². The highest BCUT2D eigenvalue weighted by atomic mass is 32.2. The van der Waals surface area contributed by atoms with Gasteiger partial charge >= 0.3 is 0 Å². The summed E-state index contributed by atoms with van der Waals surface area (Å²) in [5.74, 6) is -0.386. The van der Waals surface area contributed by atoms with Crippen LogP contribution in [0.4, 0.5) is 10.8 Å². The molecule has 0 spiro atoms. The van der Waals surface area contributed by atoms with E-state index in [1.807, 2.05) is 25.1 Å². The van der Waals surface area contributed by atoms with Gasteiger partial charge in [0.25, 0.3) is 15.9 Å². The third-order valence-electron chi connectivity index (χ3n) is 4.37. The molecule has 0 aliphatic carbocycles. The third-order valence-corrected chi connectivity index (χ3v) is 7.01. The standard InChI is InChI=1S/C19H17N3O3S2/c1-13-12-20-19(26-13)21-18(23)15-6-4-7-16(11-15)27(24,25)22-10-9-14-5-2-3-8-17(14)22/h2-8,11-12H,9-10H2,1H3,(H,20,21,23). The molecule has 27 heavy (non-hydrogen) atoms. The van der Waals surface area contributed by atoms with Crippen LogP contribution in [0.2, 0.25) is 0 Å². The number of hydrogen-bond donors (Lipinski definition) is 1. The van der Waals surface area contributed by atoms with Gasteiger partial charge in [-0.15, -0.1) is 11.3 Å². The molecule has 0 saturated heterocycles. The third kappa shape index (κ3) is 3.33. The number of thiazole rings is 1. The summed E-state index contributed by atoms with van der Waals surface area (Å²) in [4.78, 5) is 17.6. The Labute approximate surface area is 161 Å². The number of rotatable bonds is 4. The van der Waals surface area contributed by atoms with E-state index in [1.54, 1.807) is 24.4 Å². The number of anilines is 2. The molecule has 2 heterocycles. The fourth-order valence-corrected chi connectivity index (χ4v) is 5.27. The van der Waals surface area contributed by atoms with Crippen LogP contribution in [0.1, 0.15) is 20.8 Å². The van der Waals surface area contributed by atoms with Crippen molar-refractivity contribution >= 4 is 38.1 Å². The molecular formula is C19H17N3O3S2. The molecule has 0 atom stereocenters. The maximum atomic E-state index is 13.1. The zero-order chi connectivity index (χ0) is 19.0. The number of nitrogens with one attached hydrogen (secondary N) is 1. The fourth-order valence-electron chi connectivity index (χ4n) is 3.06. The number of aryl methyl sites for hydroxylation is 1. The summed E-state index contributed by atoms with van der Waals surface area (Å²) < 4.78 is 27.6. The molecule has 4 rings (SSSR count). The van der Waals surface area contributed by atoms with E-state index in [0.29, 0.717) is 23.8 Å². The minimum Gasteiger partial charge on any atom is -0.298 e. The highest BCUT2D eigenvalue weighted by molar-refractivity contribution is 7.92. The van der Waals surface area contributed by atoms with E-state index in [1.165, 1.54) is 27.8 Å². The van der Waals surface area contributed by atoms with E-state index in [-0.39, 0.29) is 16.4 Å². The van der Waals surface area contributed by atoms with Crippen LogP contribution in [-0.4, -0.2) is 25.9 Å². The molecule has 1 aliphatic rings. The van der Waals surface area contributed by atoms with Gasteiger partial charge in [0, 0.05) is 23.2 Å². The molecule has 8 heteroatoms. The molecule has 0 saturated carbocycles. The van der Waals surface area contributed by atoms with Crippen molar-refractivity contribution in [1.29, 1.82) is 0 Å². The van der Waals surface area contributed by atoms with Crippen LogP contribution in [-0.2, 0) is 16.4 Å². The topological polar surface area (TPSA) is 79.4 Å². The Morgan fingerprint density at radius 1 is 1.19 bits per heavy atom. The molecule has 1 amide bonds. The number of nitrogens with zero attached hydrogens (tertiary/aromatic N) is 2. The zero-order valence-corrected chi connectivity index (χ0v) is 16.2. The maximum Gasteiger partial charge on any atom is 0.264 e. The van der Waals surface area contributed by atoms with Crippen molar-refractivity contribution in [2.45, 2.75) is 18.2 Å². The van der Waals surface area contributed by atoms with Crippen molar-refractivity contribution in [1.82, 2.24) is 4.98 Å². The Morgan fingerprint density at radius 2 is 2.00 bits per heavy atom. The van der Waals surface area contributed by atoms with E-state index in [9.17, 15) is 13.2 Å². The number of amides is 1. The quantitative estimate of drug-likeness (QED) is 0.729. The van der Waals surface area contributed by atoms with Crippen LogP contribution in [0.5, 0.6) is 0 Å². The van der Waals surface area contributed by atoms with Gasteiger partial charge in [0.1, 0.15) is 0 Å². The lowest BCUT2D eigenvalue weighted by molar-refractivity contribution is 0.102. The van der Waals surface area contributed by atoms with E-state index in [0.717, 1.165) is 10.4 Å². The largest absolute Gasteiger partial charge is 0.298 e. The second-order valence-electron chi connectivity index (χ2n) is 6.21. The van der Waals surface area contributed by atoms with Crippen molar-refractivity contribution in [3.05, 3.63) is 70.7 Å². The van der Waals surface area contributed by atoms with Gasteiger partial charge in [-0.3, -0.25) is 14.4 Å². The molecule has 0 bridgehead atoms. The number of carbonyl (C=O) groups is 1. The summed E-state index contributed by atoms with van der Waals surface area (Å²) >= 11 is 1.36. The molecule has 6 nitrogen and oxygen atoms in total. The van der Waals surface area contributed by atoms with Crippen LogP contribution >= 0.6 is 11.3 Å². The molecule has 0 unspecified atom stereocenters. The Hall–Kier alpha value is -2.71. The molecule has 0 fully saturated rings. The van der Waals surface area contributed by atoms with Crippen LogP contribution in [0, 0.1) is 6.92 Å². The molecular weight excluding hydrogens is 382 g/mol. The lowest BCUT2D eigenvalue weighted by Gasteiger charge is -2.19. The number of sulfonamides is 1. The molecule has 0 radical (unpaired) electrons. The first-order valence-electron chi connectivity index (χ1n) is 8.39. The minimum absolute atomic E-state index is 0.0992. The lowest BCUT2D eigenvalue weighted by atomic mass is 10.2. The van der Waals surface area contributed by atoms with Crippen molar-refractivity contribution in [2.24, 2.45) is 0 Å². The Balaban J connectivity index is 1.63. The van der Waals surface area contributed by atoms with Crippen LogP contribution in [0.15, 0.2) is 59.6 Å². The summed E-state index contributed by atoms with van der Waals surface area (Å²) in [6.45, 7) is 2.30. The van der Waals surface area contributed by atoms with Gasteiger partial charge in [-0.1, -0.05) is 24.3 Å². The van der Waals surface area contributed by atoms with Crippen molar-refractivity contribution in [3.63, 3.8) is 0 Å². The first-order valence-corrected chi connectivity index (χ1v) is 10.7. The van der Waals surface area contributed by atoms with E-state index < -0.39 is 10.0 Å². The minimum atomic E-state index is -3.74. The van der Waals surface area contributed by atoms with E-state index >= 15 is 0 Å². The van der Waals surface area contributed by atoms with Crippen molar-refractivity contribution in [3.8, 4) is 0 Å². The fraction of sp³-hybridized carbons (Fsp3) is 0.158. The maximum absolute atomic E-state index is 13.1. The van der Waals surface area contributed by atoms with Gasteiger partial charge in [0.15, 0.2) is 5.13 Å². The van der Waals surface area contributed by atoms with Gasteiger partial charge in [0.2, 0.25) is 0 Å². The number of aromatic nitrogens is 1. The smallest absolute Gasteiger partial charge is 0.264 e. The summed E-state index contributed by atoms with van der Waals surface area (Å²) in [5.41, 5.74) is 1.98. The molecule has 1 aliphatic heterocycles. The zero-order valence-electron chi connectivity index (χ0n) is 14.5. The lowest BCUT2D eigenvalue weighted by Crippen LogP contribution is -2.29. The first kappa shape index (κ1) is 17.7. The summed E-state index contributed by atoms with van der Waals surface area (Å²) in [5, 5.41) is 3.19. The molecule has 1 aromatic heterocycles. The number of hydrogen-bond acceptors (Lipinski definition) is 5. The van der Waals surface area contributed by atoms with Crippen LogP contribution < -0.4 is 9.62 Å². The van der Waals surface area contributed by atoms with E-state index in [4.69, 9.17) is 0 Å². The van der Waals surface area contributed by atoms with E-state index in [2.05, 4.69) is 10.3 Å². The summed E-state index contributed by atoms with van der Waals surface area (Å²) in [6, 6.07) is 13.6. The SMILES string of the molecule is Cc1cnc(NC(=O)c2cccc(S(=O)(=O)N3CCc4ccccc43)c2)s1. The van der Waals surface area contributed by atoms with Gasteiger partial charge in [-0.05, 0) is 43.2 Å². The number of benzene rings is 2. The molecule has 2 aromatic carbocycles. The van der Waals surface area contributed by atoms with Crippen molar-refractivity contribution in [2.75, 3.05) is 16.2 Å². The Morgan fingerprint density at radius 3 is 2.78 bits per heavy atom. The molecule has 138 valence electrons. The number of fused-ring (bicyclic) bond motifs is 1. The van der Waals surface area contributed by atoms with Crippen molar-refractivity contribution < 1.29 is 13.2 Å². The highest BCUT2D eigenvalue weighted by Crippen LogP contribution is 2.32. The van der Waals surface area contributed by atoms with Gasteiger partial charge in [0.05, 0.1) is 10.6 Å². The predicted molar refractivity (Wildman–Crippen MR) is 106 cm³/mol.